The topological polar surface area (TPSA) is 107 Å². The van der Waals surface area contributed by atoms with E-state index in [2.05, 4.69) is 15.6 Å². The molecule has 0 aliphatic rings. The van der Waals surface area contributed by atoms with Crippen molar-refractivity contribution in [1.82, 2.24) is 4.98 Å². The van der Waals surface area contributed by atoms with E-state index in [9.17, 15) is 14.4 Å². The molecule has 152 valence electrons. The van der Waals surface area contributed by atoms with Gasteiger partial charge in [0.1, 0.15) is 11.6 Å². The van der Waals surface area contributed by atoms with Crippen molar-refractivity contribution >= 4 is 29.3 Å². The van der Waals surface area contributed by atoms with E-state index >= 15 is 0 Å². The van der Waals surface area contributed by atoms with Crippen molar-refractivity contribution in [2.24, 2.45) is 0 Å². The molecule has 0 bridgehead atoms. The zero-order chi connectivity index (χ0) is 21.3. The summed E-state index contributed by atoms with van der Waals surface area (Å²) in [6, 6.07) is 18.2. The molecule has 0 unspecified atom stereocenters. The molecule has 1 aromatic heterocycles. The molecule has 0 aliphatic carbocycles. The van der Waals surface area contributed by atoms with Crippen LogP contribution in [0.2, 0.25) is 0 Å². The number of nitrogens with zero attached hydrogens (tertiary/aromatic N) is 1. The number of pyridine rings is 1. The molecule has 0 aliphatic heterocycles. The zero-order valence-corrected chi connectivity index (χ0v) is 16.1. The van der Waals surface area contributed by atoms with Crippen LogP contribution in [0.4, 0.5) is 11.5 Å². The summed E-state index contributed by atoms with van der Waals surface area (Å²) in [5.41, 5.74) is 0.786. The lowest BCUT2D eigenvalue weighted by molar-refractivity contribution is -0.118. The maximum absolute atomic E-state index is 12.5. The summed E-state index contributed by atoms with van der Waals surface area (Å²) in [6.07, 6.45) is 1.56. The smallest absolute Gasteiger partial charge is 0.339 e. The van der Waals surface area contributed by atoms with Gasteiger partial charge < -0.3 is 20.1 Å². The van der Waals surface area contributed by atoms with Gasteiger partial charge in [0.25, 0.3) is 11.8 Å². The van der Waals surface area contributed by atoms with Gasteiger partial charge in [-0.15, -0.1) is 0 Å². The summed E-state index contributed by atoms with van der Waals surface area (Å²) in [6.45, 7) is -0.358. The van der Waals surface area contributed by atoms with Crippen molar-refractivity contribution in [1.29, 1.82) is 0 Å². The molecule has 2 amide bonds. The van der Waals surface area contributed by atoms with Crippen LogP contribution >= 0.6 is 0 Å². The minimum absolute atomic E-state index is 0.225. The van der Waals surface area contributed by atoms with Crippen LogP contribution in [0.25, 0.3) is 0 Å². The highest BCUT2D eigenvalue weighted by molar-refractivity contribution is 6.06. The van der Waals surface area contributed by atoms with Gasteiger partial charge in [-0.05, 0) is 36.4 Å². The van der Waals surface area contributed by atoms with Gasteiger partial charge in [0.2, 0.25) is 0 Å². The van der Waals surface area contributed by atoms with Crippen molar-refractivity contribution in [3.63, 3.8) is 0 Å². The predicted octanol–water partition coefficient (Wildman–Crippen LogP) is 3.14. The highest BCUT2D eigenvalue weighted by atomic mass is 16.5. The average molecular weight is 405 g/mol. The molecular weight excluding hydrogens is 386 g/mol. The van der Waals surface area contributed by atoms with Gasteiger partial charge in [0, 0.05) is 6.20 Å². The molecule has 30 heavy (non-hydrogen) atoms. The molecule has 0 atom stereocenters. The highest BCUT2D eigenvalue weighted by Crippen LogP contribution is 2.20. The number of para-hydroxylation sites is 2. The largest absolute Gasteiger partial charge is 0.483 e. The molecule has 0 radical (unpaired) electrons. The average Bonchev–Trinajstić information content (AvgIpc) is 2.78. The van der Waals surface area contributed by atoms with Gasteiger partial charge in [-0.25, -0.2) is 9.78 Å². The number of nitrogens with one attached hydrogen (secondary N) is 2. The number of rotatable bonds is 7. The molecule has 0 saturated heterocycles. The highest BCUT2D eigenvalue weighted by Gasteiger charge is 2.16. The van der Waals surface area contributed by atoms with Crippen LogP contribution in [-0.2, 0) is 9.53 Å². The number of anilines is 2. The molecule has 3 aromatic rings. The van der Waals surface area contributed by atoms with E-state index in [-0.39, 0.29) is 23.5 Å². The Balaban J connectivity index is 1.66. The number of hydrogen-bond donors (Lipinski definition) is 2. The van der Waals surface area contributed by atoms with Gasteiger partial charge in [0.15, 0.2) is 6.61 Å². The summed E-state index contributed by atoms with van der Waals surface area (Å²) in [5.74, 6) is -0.841. The maximum atomic E-state index is 12.5. The van der Waals surface area contributed by atoms with E-state index in [4.69, 9.17) is 9.47 Å². The van der Waals surface area contributed by atoms with Crippen molar-refractivity contribution in [3.8, 4) is 5.75 Å². The lowest BCUT2D eigenvalue weighted by atomic mass is 10.2. The number of carbonyl (C=O) groups excluding carboxylic acids is 3. The van der Waals surface area contributed by atoms with Crippen molar-refractivity contribution < 1.29 is 23.9 Å². The summed E-state index contributed by atoms with van der Waals surface area (Å²) in [5, 5.41) is 5.28. The number of esters is 1. The molecule has 1 heterocycles. The van der Waals surface area contributed by atoms with E-state index in [0.29, 0.717) is 11.5 Å². The van der Waals surface area contributed by atoms with Crippen LogP contribution in [0.3, 0.4) is 0 Å². The summed E-state index contributed by atoms with van der Waals surface area (Å²) in [7, 11) is 1.26. The fraction of sp³-hybridized carbons (Fsp3) is 0.0909. The van der Waals surface area contributed by atoms with Crippen LogP contribution in [0.1, 0.15) is 20.7 Å². The molecule has 2 N–H and O–H groups in total. The fourth-order valence-electron chi connectivity index (χ4n) is 2.61. The van der Waals surface area contributed by atoms with Crippen LogP contribution < -0.4 is 15.4 Å². The Morgan fingerprint density at radius 2 is 1.57 bits per heavy atom. The van der Waals surface area contributed by atoms with Crippen LogP contribution in [0.5, 0.6) is 5.75 Å². The van der Waals surface area contributed by atoms with Gasteiger partial charge in [-0.2, -0.15) is 0 Å². The van der Waals surface area contributed by atoms with Gasteiger partial charge in [-0.3, -0.25) is 9.59 Å². The van der Waals surface area contributed by atoms with E-state index in [1.165, 1.54) is 7.11 Å². The molecule has 3 rings (SSSR count). The molecule has 0 fully saturated rings. The third-order valence-corrected chi connectivity index (χ3v) is 4.00. The second-order valence-electron chi connectivity index (χ2n) is 6.04. The third-order valence-electron chi connectivity index (χ3n) is 4.00. The molecule has 0 spiro atoms. The number of benzene rings is 2. The zero-order valence-electron chi connectivity index (χ0n) is 16.1. The first-order chi connectivity index (χ1) is 14.6. The minimum atomic E-state index is -0.566. The number of hydrogen-bond acceptors (Lipinski definition) is 6. The second kappa shape index (κ2) is 9.83. The Labute approximate surface area is 172 Å². The molecular formula is C22H19N3O5. The lowest BCUT2D eigenvalue weighted by Gasteiger charge is -2.13. The summed E-state index contributed by atoms with van der Waals surface area (Å²) >= 11 is 0. The fourth-order valence-corrected chi connectivity index (χ4v) is 2.61. The SMILES string of the molecule is COC(=O)c1ccccc1NC(=O)COc1ccccc1C(=O)Nc1ccccn1. The number of carbonyl (C=O) groups is 3. The van der Waals surface area contributed by atoms with E-state index in [1.54, 1.807) is 72.9 Å². The Hall–Kier alpha value is -4.20. The number of amides is 2. The molecule has 2 aromatic carbocycles. The Kier molecular flexibility index (Phi) is 6.73. The predicted molar refractivity (Wildman–Crippen MR) is 111 cm³/mol. The Morgan fingerprint density at radius 1 is 0.867 bits per heavy atom. The van der Waals surface area contributed by atoms with Crippen molar-refractivity contribution in [3.05, 3.63) is 84.1 Å². The molecule has 8 heteroatoms. The van der Waals surface area contributed by atoms with Crippen molar-refractivity contribution in [2.45, 2.75) is 0 Å². The minimum Gasteiger partial charge on any atom is -0.483 e. The Bertz CT molecular complexity index is 1050. The Morgan fingerprint density at radius 3 is 2.30 bits per heavy atom. The van der Waals surface area contributed by atoms with Crippen LogP contribution in [0.15, 0.2) is 72.9 Å². The summed E-state index contributed by atoms with van der Waals surface area (Å²) < 4.78 is 10.3. The first-order valence-corrected chi connectivity index (χ1v) is 9.00. The normalized spacial score (nSPS) is 10.0. The van der Waals surface area contributed by atoms with Crippen LogP contribution in [-0.4, -0.2) is 36.5 Å². The third kappa shape index (κ3) is 5.20. The van der Waals surface area contributed by atoms with Gasteiger partial charge in [-0.1, -0.05) is 30.3 Å². The van der Waals surface area contributed by atoms with Crippen LogP contribution in [0, 0.1) is 0 Å². The van der Waals surface area contributed by atoms with E-state index < -0.39 is 17.8 Å². The maximum Gasteiger partial charge on any atom is 0.339 e. The second-order valence-corrected chi connectivity index (χ2v) is 6.04. The van der Waals surface area contributed by atoms with Crippen molar-refractivity contribution in [2.75, 3.05) is 24.4 Å². The number of methoxy groups -OCH3 is 1. The van der Waals surface area contributed by atoms with Gasteiger partial charge in [0.05, 0.1) is 23.9 Å². The molecule has 0 saturated carbocycles. The van der Waals surface area contributed by atoms with Gasteiger partial charge >= 0.3 is 5.97 Å². The van der Waals surface area contributed by atoms with E-state index in [0.717, 1.165) is 0 Å². The first kappa shape index (κ1) is 20.5. The first-order valence-electron chi connectivity index (χ1n) is 9.00. The summed E-state index contributed by atoms with van der Waals surface area (Å²) in [4.78, 5) is 40.7. The lowest BCUT2D eigenvalue weighted by Crippen LogP contribution is -2.23. The molecule has 8 nitrogen and oxygen atoms in total. The van der Waals surface area contributed by atoms with E-state index in [1.807, 2.05) is 0 Å². The standard InChI is InChI=1S/C22H19N3O5/c1-29-22(28)15-8-2-4-10-17(15)24-20(26)14-30-18-11-5-3-9-16(18)21(27)25-19-12-6-7-13-23-19/h2-13H,14H2,1H3,(H,24,26)(H,23,25,27). The number of aromatic nitrogens is 1. The number of ether oxygens (including phenoxy) is 2. The monoisotopic (exact) mass is 405 g/mol. The quantitative estimate of drug-likeness (QED) is 0.585.